The number of morpholine rings is 1. The van der Waals surface area contributed by atoms with Crippen LogP contribution >= 0.6 is 12.2 Å². The van der Waals surface area contributed by atoms with E-state index in [-0.39, 0.29) is 12.1 Å². The van der Waals surface area contributed by atoms with Crippen molar-refractivity contribution >= 4 is 17.3 Å². The van der Waals surface area contributed by atoms with Gasteiger partial charge in [0.2, 0.25) is 0 Å². The van der Waals surface area contributed by atoms with Gasteiger partial charge in [-0.25, -0.2) is 0 Å². The van der Waals surface area contributed by atoms with Gasteiger partial charge < -0.3 is 19.5 Å². The molecule has 2 fully saturated rings. The van der Waals surface area contributed by atoms with Crippen molar-refractivity contribution in [2.45, 2.75) is 19.0 Å². The maximum Gasteiger partial charge on any atom is 0.170 e. The van der Waals surface area contributed by atoms with E-state index in [1.807, 2.05) is 18.3 Å². The van der Waals surface area contributed by atoms with Crippen molar-refractivity contribution < 1.29 is 4.74 Å². The van der Waals surface area contributed by atoms with Crippen molar-refractivity contribution in [1.29, 1.82) is 0 Å². The van der Waals surface area contributed by atoms with Gasteiger partial charge in [-0.05, 0) is 55.5 Å². The highest BCUT2D eigenvalue weighted by molar-refractivity contribution is 7.80. The summed E-state index contributed by atoms with van der Waals surface area (Å²) in [5, 5.41) is 4.36. The lowest BCUT2D eigenvalue weighted by Crippen LogP contribution is -2.42. The maximum atomic E-state index is 5.85. The molecule has 0 saturated carbocycles. The summed E-state index contributed by atoms with van der Waals surface area (Å²) in [7, 11) is 0. The average Bonchev–Trinajstić information content (AvgIpc) is 3.43. The van der Waals surface area contributed by atoms with Gasteiger partial charge in [0.15, 0.2) is 5.11 Å². The Morgan fingerprint density at radius 1 is 1.03 bits per heavy atom. The number of aromatic nitrogens is 2. The molecule has 0 spiro atoms. The van der Waals surface area contributed by atoms with Crippen molar-refractivity contribution in [2.75, 3.05) is 39.4 Å². The molecule has 5 rings (SSSR count). The van der Waals surface area contributed by atoms with Gasteiger partial charge in [0.05, 0.1) is 31.0 Å². The molecule has 0 aliphatic carbocycles. The second kappa shape index (κ2) is 9.40. The molecular weight excluding hydrogens is 418 g/mol. The zero-order valence-corrected chi connectivity index (χ0v) is 19.2. The molecule has 4 heterocycles. The molecule has 0 radical (unpaired) electrons. The van der Waals surface area contributed by atoms with Crippen LogP contribution in [0.3, 0.4) is 0 Å². The minimum Gasteiger partial charge on any atom is -0.379 e. The third-order valence-corrected chi connectivity index (χ3v) is 6.71. The fraction of sp³-hybridized carbons (Fsp3) is 0.360. The number of benzene rings is 1. The molecule has 2 atom stereocenters. The van der Waals surface area contributed by atoms with Crippen LogP contribution in [-0.4, -0.2) is 63.9 Å². The fourth-order valence-corrected chi connectivity index (χ4v) is 4.95. The van der Waals surface area contributed by atoms with E-state index >= 15 is 0 Å². The van der Waals surface area contributed by atoms with E-state index in [2.05, 4.69) is 80.3 Å². The Morgan fingerprint density at radius 2 is 1.84 bits per heavy atom. The van der Waals surface area contributed by atoms with Gasteiger partial charge in [0, 0.05) is 50.0 Å². The van der Waals surface area contributed by atoms with E-state index in [9.17, 15) is 0 Å². The van der Waals surface area contributed by atoms with E-state index in [0.717, 1.165) is 55.9 Å². The molecule has 2 aromatic heterocycles. The number of nitrogens with zero attached hydrogens (tertiary/aromatic N) is 4. The Labute approximate surface area is 194 Å². The Bertz CT molecular complexity index is 1050. The summed E-state index contributed by atoms with van der Waals surface area (Å²) in [4.78, 5) is 9.46. The molecule has 2 aliphatic rings. The van der Waals surface area contributed by atoms with Crippen LogP contribution in [0.4, 0.5) is 0 Å². The lowest BCUT2D eigenvalue weighted by atomic mass is 10.0. The summed E-state index contributed by atoms with van der Waals surface area (Å²) < 4.78 is 7.79. The van der Waals surface area contributed by atoms with Crippen LogP contribution in [0, 0.1) is 6.92 Å². The normalized spacial score (nSPS) is 21.7. The lowest BCUT2D eigenvalue weighted by Gasteiger charge is -2.32. The molecule has 1 N–H and O–H groups in total. The first kappa shape index (κ1) is 21.1. The van der Waals surface area contributed by atoms with Crippen LogP contribution in [0.2, 0.25) is 0 Å². The molecule has 2 saturated heterocycles. The lowest BCUT2D eigenvalue weighted by molar-refractivity contribution is 0.0349. The summed E-state index contributed by atoms with van der Waals surface area (Å²) in [5.74, 6) is 0. The number of ether oxygens (including phenoxy) is 1. The van der Waals surface area contributed by atoms with E-state index < -0.39 is 0 Å². The maximum absolute atomic E-state index is 5.85. The number of rotatable bonds is 6. The molecule has 32 heavy (non-hydrogen) atoms. The highest BCUT2D eigenvalue weighted by atomic mass is 32.1. The van der Waals surface area contributed by atoms with Crippen molar-refractivity contribution in [3.05, 3.63) is 83.9 Å². The van der Waals surface area contributed by atoms with E-state index in [1.165, 1.54) is 11.3 Å². The number of hydrogen-bond donors (Lipinski definition) is 1. The van der Waals surface area contributed by atoms with Gasteiger partial charge in [-0.2, -0.15) is 0 Å². The van der Waals surface area contributed by atoms with E-state index in [0.29, 0.717) is 0 Å². The molecule has 0 unspecified atom stereocenters. The first-order valence-corrected chi connectivity index (χ1v) is 11.6. The predicted molar refractivity (Wildman–Crippen MR) is 130 cm³/mol. The monoisotopic (exact) mass is 447 g/mol. The first-order valence-electron chi connectivity index (χ1n) is 11.2. The van der Waals surface area contributed by atoms with Crippen molar-refractivity contribution in [1.82, 2.24) is 24.7 Å². The second-order valence-electron chi connectivity index (χ2n) is 8.41. The molecule has 0 amide bonds. The summed E-state index contributed by atoms with van der Waals surface area (Å²) in [5.41, 5.74) is 4.62. The molecule has 166 valence electrons. The minimum absolute atomic E-state index is 0.00696. The Morgan fingerprint density at radius 3 is 2.59 bits per heavy atom. The topological polar surface area (TPSA) is 45.6 Å². The number of nitrogens with one attached hydrogen (secondary N) is 1. The highest BCUT2D eigenvalue weighted by Crippen LogP contribution is 2.39. The van der Waals surface area contributed by atoms with Gasteiger partial charge in [-0.15, -0.1) is 0 Å². The second-order valence-corrected chi connectivity index (χ2v) is 8.80. The molecular formula is C25H29N5OS. The minimum atomic E-state index is -0.00696. The Balaban J connectivity index is 1.49. The number of aryl methyl sites for hydroxylation is 1. The highest BCUT2D eigenvalue weighted by Gasteiger charge is 2.41. The molecule has 0 bridgehead atoms. The Kier molecular flexibility index (Phi) is 6.21. The van der Waals surface area contributed by atoms with Crippen LogP contribution in [0.15, 0.2) is 67.0 Å². The number of pyridine rings is 1. The van der Waals surface area contributed by atoms with Crippen molar-refractivity contribution in [3.8, 4) is 5.69 Å². The third-order valence-electron chi connectivity index (χ3n) is 6.35. The summed E-state index contributed by atoms with van der Waals surface area (Å²) >= 11 is 5.85. The van der Waals surface area contributed by atoms with Crippen molar-refractivity contribution in [3.63, 3.8) is 0 Å². The van der Waals surface area contributed by atoms with Crippen LogP contribution in [0.1, 0.15) is 29.0 Å². The SMILES string of the molecule is Cc1ccc(-n2cccc2[C@H]2[C@H](c3ccccn3)NC(=S)N2CCN2CCOCC2)cc1. The molecule has 3 aromatic rings. The third kappa shape index (κ3) is 4.28. The number of thiocarbonyl (C=S) groups is 1. The predicted octanol–water partition coefficient (Wildman–Crippen LogP) is 3.49. The molecule has 1 aromatic carbocycles. The largest absolute Gasteiger partial charge is 0.379 e. The zero-order chi connectivity index (χ0) is 21.9. The standard InChI is InChI=1S/C25H29N5OS/c1-19-7-9-20(10-8-19)29-12-4-6-22(29)24-23(21-5-2-3-11-26-21)27-25(32)30(24)14-13-28-15-17-31-18-16-28/h2-12,23-24H,13-18H2,1H3,(H,27,32)/t23-,24-/m0/s1. The molecule has 7 heteroatoms. The van der Waals surface area contributed by atoms with Crippen LogP contribution in [0.25, 0.3) is 5.69 Å². The van der Waals surface area contributed by atoms with Crippen LogP contribution in [-0.2, 0) is 4.74 Å². The zero-order valence-electron chi connectivity index (χ0n) is 18.4. The summed E-state index contributed by atoms with van der Waals surface area (Å²) in [6.45, 7) is 7.49. The molecule has 2 aliphatic heterocycles. The first-order chi connectivity index (χ1) is 15.7. The van der Waals surface area contributed by atoms with E-state index in [1.54, 1.807) is 0 Å². The average molecular weight is 448 g/mol. The summed E-state index contributed by atoms with van der Waals surface area (Å²) in [6.07, 6.45) is 3.99. The van der Waals surface area contributed by atoms with Gasteiger partial charge in [0.25, 0.3) is 0 Å². The smallest absolute Gasteiger partial charge is 0.170 e. The number of hydrogen-bond acceptors (Lipinski definition) is 4. The van der Waals surface area contributed by atoms with Gasteiger partial charge in [0.1, 0.15) is 0 Å². The summed E-state index contributed by atoms with van der Waals surface area (Å²) in [6, 6.07) is 19.1. The van der Waals surface area contributed by atoms with Crippen molar-refractivity contribution in [2.24, 2.45) is 0 Å². The quantitative estimate of drug-likeness (QED) is 0.584. The van der Waals surface area contributed by atoms with Gasteiger partial charge in [-0.3, -0.25) is 9.88 Å². The van der Waals surface area contributed by atoms with Crippen LogP contribution in [0.5, 0.6) is 0 Å². The van der Waals surface area contributed by atoms with E-state index in [4.69, 9.17) is 17.0 Å². The Hall–Kier alpha value is -2.74. The van der Waals surface area contributed by atoms with Gasteiger partial charge >= 0.3 is 0 Å². The fourth-order valence-electron chi connectivity index (χ4n) is 4.62. The van der Waals surface area contributed by atoms with Gasteiger partial charge in [-0.1, -0.05) is 23.8 Å². The van der Waals surface area contributed by atoms with Crippen LogP contribution < -0.4 is 5.32 Å². The molecule has 6 nitrogen and oxygen atoms in total.